The number of hydrogen-bond donors (Lipinski definition) is 0. The van der Waals surface area contributed by atoms with Gasteiger partial charge in [-0.1, -0.05) is 119 Å². The maximum absolute atomic E-state index is 4.62. The minimum absolute atomic E-state index is 0.504. The van der Waals surface area contributed by atoms with Gasteiger partial charge in [0.05, 0.1) is 11.4 Å². The molecular formula is C35H54N4. The molecule has 0 aliphatic carbocycles. The molecule has 0 spiro atoms. The Morgan fingerprint density at radius 2 is 1.05 bits per heavy atom. The summed E-state index contributed by atoms with van der Waals surface area (Å²) < 4.78 is 3.97. The summed E-state index contributed by atoms with van der Waals surface area (Å²) >= 11 is 0. The van der Waals surface area contributed by atoms with Crippen molar-refractivity contribution in [3.8, 4) is 22.5 Å². The van der Waals surface area contributed by atoms with Crippen LogP contribution in [0.4, 0.5) is 0 Å². The SMILES string of the molecule is CC.CC.CC(C)c1cccc(-c2cc(C(C)C)n(C)n2)c1.CCc1ccc(-c2cc(C(C)C)n(C)n2)cc1. The van der Waals surface area contributed by atoms with Crippen LogP contribution in [0.2, 0.25) is 0 Å². The largest absolute Gasteiger partial charge is 0.272 e. The van der Waals surface area contributed by atoms with Crippen LogP contribution >= 0.6 is 0 Å². The first kappa shape index (κ1) is 33.9. The average Bonchev–Trinajstić information content (AvgIpc) is 3.54. The first-order valence-corrected chi connectivity index (χ1v) is 14.9. The second-order valence-electron chi connectivity index (χ2n) is 10.3. The summed E-state index contributed by atoms with van der Waals surface area (Å²) in [7, 11) is 4.03. The van der Waals surface area contributed by atoms with E-state index in [1.165, 1.54) is 33.6 Å². The molecule has 0 bridgehead atoms. The second kappa shape index (κ2) is 16.7. The van der Waals surface area contributed by atoms with E-state index in [2.05, 4.69) is 119 Å². The Balaban J connectivity index is 0.000000347. The Hall–Kier alpha value is -3.14. The summed E-state index contributed by atoms with van der Waals surface area (Å²) in [5.41, 5.74) is 9.84. The summed E-state index contributed by atoms with van der Waals surface area (Å²) in [5.74, 6) is 1.57. The van der Waals surface area contributed by atoms with Crippen LogP contribution in [0.3, 0.4) is 0 Å². The zero-order chi connectivity index (χ0) is 29.7. The van der Waals surface area contributed by atoms with Crippen molar-refractivity contribution in [2.24, 2.45) is 14.1 Å². The van der Waals surface area contributed by atoms with Gasteiger partial charge in [0.1, 0.15) is 0 Å². The maximum atomic E-state index is 4.62. The molecule has 0 unspecified atom stereocenters. The van der Waals surface area contributed by atoms with Crippen molar-refractivity contribution in [2.45, 2.75) is 100 Å². The lowest BCUT2D eigenvalue weighted by molar-refractivity contribution is 0.670. The minimum Gasteiger partial charge on any atom is -0.272 e. The van der Waals surface area contributed by atoms with E-state index >= 15 is 0 Å². The van der Waals surface area contributed by atoms with Crippen molar-refractivity contribution in [3.63, 3.8) is 0 Å². The standard InChI is InChI=1S/C16H22N2.C15H20N2.2C2H6/c1-11(2)13-7-6-8-14(9-13)15-10-16(12(3)4)18(5)17-15;1-5-12-6-8-13(9-7-12)14-10-15(11(2)3)17(4)16-14;2*1-2/h6-12H,1-5H3;6-11H,5H2,1-4H3;2*1-2H3. The number of hydrogen-bond acceptors (Lipinski definition) is 2. The van der Waals surface area contributed by atoms with E-state index in [4.69, 9.17) is 0 Å². The third-order valence-electron chi connectivity index (χ3n) is 6.52. The highest BCUT2D eigenvalue weighted by molar-refractivity contribution is 5.61. The lowest BCUT2D eigenvalue weighted by Crippen LogP contribution is -1.99. The van der Waals surface area contributed by atoms with Crippen LogP contribution in [0.5, 0.6) is 0 Å². The topological polar surface area (TPSA) is 35.6 Å². The molecule has 0 N–H and O–H groups in total. The quantitative estimate of drug-likeness (QED) is 0.248. The molecule has 0 fully saturated rings. The molecule has 4 nitrogen and oxygen atoms in total. The van der Waals surface area contributed by atoms with Gasteiger partial charge in [-0.15, -0.1) is 0 Å². The van der Waals surface area contributed by atoms with E-state index in [1.807, 2.05) is 51.2 Å². The number of nitrogens with zero attached hydrogens (tertiary/aromatic N) is 4. The van der Waals surface area contributed by atoms with Crippen molar-refractivity contribution < 1.29 is 0 Å². The third-order valence-corrected chi connectivity index (χ3v) is 6.52. The Bertz CT molecular complexity index is 1220. The lowest BCUT2D eigenvalue weighted by Gasteiger charge is -2.06. The smallest absolute Gasteiger partial charge is 0.0926 e. The predicted octanol–water partition coefficient (Wildman–Crippen LogP) is 10.2. The van der Waals surface area contributed by atoms with Gasteiger partial charge in [-0.3, -0.25) is 9.36 Å². The van der Waals surface area contributed by atoms with Crippen LogP contribution in [-0.2, 0) is 20.5 Å². The summed E-state index contributed by atoms with van der Waals surface area (Å²) in [6.45, 7) is 23.4. The van der Waals surface area contributed by atoms with E-state index in [9.17, 15) is 0 Å². The highest BCUT2D eigenvalue weighted by Crippen LogP contribution is 2.26. The monoisotopic (exact) mass is 530 g/mol. The number of aromatic nitrogens is 4. The fourth-order valence-electron chi connectivity index (χ4n) is 4.29. The molecule has 39 heavy (non-hydrogen) atoms. The molecule has 0 aliphatic rings. The van der Waals surface area contributed by atoms with Crippen LogP contribution in [0, 0.1) is 0 Å². The second-order valence-corrected chi connectivity index (χ2v) is 10.3. The van der Waals surface area contributed by atoms with Crippen LogP contribution in [-0.4, -0.2) is 19.6 Å². The van der Waals surface area contributed by atoms with Crippen molar-refractivity contribution in [1.82, 2.24) is 19.6 Å². The van der Waals surface area contributed by atoms with Gasteiger partial charge >= 0.3 is 0 Å². The van der Waals surface area contributed by atoms with E-state index in [1.54, 1.807) is 0 Å². The molecule has 0 saturated heterocycles. The van der Waals surface area contributed by atoms with E-state index in [-0.39, 0.29) is 0 Å². The van der Waals surface area contributed by atoms with Crippen molar-refractivity contribution >= 4 is 0 Å². The number of benzene rings is 2. The first-order valence-electron chi connectivity index (χ1n) is 14.9. The molecule has 0 radical (unpaired) electrons. The fourth-order valence-corrected chi connectivity index (χ4v) is 4.29. The molecule has 0 aliphatic heterocycles. The van der Waals surface area contributed by atoms with Crippen molar-refractivity contribution in [3.05, 3.63) is 83.2 Å². The third kappa shape index (κ3) is 9.53. The van der Waals surface area contributed by atoms with Gasteiger partial charge in [-0.05, 0) is 53.5 Å². The zero-order valence-corrected chi connectivity index (χ0v) is 27.0. The predicted molar refractivity (Wildman–Crippen MR) is 172 cm³/mol. The summed E-state index contributed by atoms with van der Waals surface area (Å²) in [5, 5.41) is 9.19. The molecule has 2 aromatic heterocycles. The van der Waals surface area contributed by atoms with Crippen LogP contribution in [0.25, 0.3) is 22.5 Å². The summed E-state index contributed by atoms with van der Waals surface area (Å²) in [6, 6.07) is 21.7. The van der Waals surface area contributed by atoms with E-state index in [0.29, 0.717) is 17.8 Å². The molecule has 0 atom stereocenters. The molecule has 0 saturated carbocycles. The summed E-state index contributed by atoms with van der Waals surface area (Å²) in [6.07, 6.45) is 1.08. The van der Waals surface area contributed by atoms with Gasteiger partial charge in [0.15, 0.2) is 0 Å². The zero-order valence-electron chi connectivity index (χ0n) is 27.0. The van der Waals surface area contributed by atoms with E-state index < -0.39 is 0 Å². The van der Waals surface area contributed by atoms with Gasteiger partial charge in [0.25, 0.3) is 0 Å². The lowest BCUT2D eigenvalue weighted by atomic mass is 9.99. The Morgan fingerprint density at radius 3 is 1.44 bits per heavy atom. The molecule has 2 aromatic carbocycles. The molecule has 214 valence electrons. The molecule has 2 heterocycles. The van der Waals surface area contributed by atoms with E-state index in [0.717, 1.165) is 17.8 Å². The molecular weight excluding hydrogens is 476 g/mol. The summed E-state index contributed by atoms with van der Waals surface area (Å²) in [4.78, 5) is 0. The molecule has 0 amide bonds. The van der Waals surface area contributed by atoms with Crippen molar-refractivity contribution in [2.75, 3.05) is 0 Å². The van der Waals surface area contributed by atoms with Gasteiger partial charge in [0, 0.05) is 36.6 Å². The normalized spacial score (nSPS) is 10.5. The molecule has 4 aromatic rings. The van der Waals surface area contributed by atoms with Crippen LogP contribution < -0.4 is 0 Å². The van der Waals surface area contributed by atoms with Crippen LogP contribution in [0.1, 0.15) is 116 Å². The van der Waals surface area contributed by atoms with Gasteiger partial charge in [-0.2, -0.15) is 10.2 Å². The van der Waals surface area contributed by atoms with Crippen LogP contribution in [0.15, 0.2) is 60.7 Å². The average molecular weight is 531 g/mol. The first-order chi connectivity index (χ1) is 18.6. The Morgan fingerprint density at radius 1 is 0.590 bits per heavy atom. The highest BCUT2D eigenvalue weighted by atomic mass is 15.3. The Kier molecular flexibility index (Phi) is 14.5. The highest BCUT2D eigenvalue weighted by Gasteiger charge is 2.11. The minimum atomic E-state index is 0.504. The van der Waals surface area contributed by atoms with Gasteiger partial charge in [-0.25, -0.2) is 0 Å². The maximum Gasteiger partial charge on any atom is 0.0926 e. The fraction of sp³-hybridized carbons (Fsp3) is 0.486. The Labute approximate surface area is 239 Å². The van der Waals surface area contributed by atoms with Gasteiger partial charge < -0.3 is 0 Å². The number of aryl methyl sites for hydroxylation is 3. The van der Waals surface area contributed by atoms with Gasteiger partial charge in [0.2, 0.25) is 0 Å². The number of rotatable bonds is 6. The van der Waals surface area contributed by atoms with Crippen molar-refractivity contribution in [1.29, 1.82) is 0 Å². The molecule has 4 heteroatoms. The molecule has 4 rings (SSSR count).